The monoisotopic (exact) mass is 252 g/mol. The third kappa shape index (κ3) is 2.50. The predicted molar refractivity (Wildman–Crippen MR) is 73.9 cm³/mol. The van der Waals surface area contributed by atoms with Gasteiger partial charge in [-0.25, -0.2) is 0 Å². The molecule has 96 valence electrons. The number of pyridine rings is 1. The number of nitrogens with zero attached hydrogens (tertiary/aromatic N) is 2. The van der Waals surface area contributed by atoms with Gasteiger partial charge in [0.2, 0.25) is 0 Å². The first-order valence-electron chi connectivity index (χ1n) is 6.59. The second-order valence-electron chi connectivity index (χ2n) is 4.88. The normalized spacial score (nSPS) is 18.5. The lowest BCUT2D eigenvalue weighted by Crippen LogP contribution is -2.28. The maximum atomic E-state index is 12.3. The second-order valence-corrected chi connectivity index (χ2v) is 4.88. The first-order valence-corrected chi connectivity index (χ1v) is 6.59. The van der Waals surface area contributed by atoms with E-state index in [9.17, 15) is 4.79 Å². The molecule has 0 bridgehead atoms. The van der Waals surface area contributed by atoms with Gasteiger partial charge in [0.15, 0.2) is 0 Å². The van der Waals surface area contributed by atoms with Crippen LogP contribution in [0, 0.1) is 0 Å². The molecule has 3 heteroatoms. The molecule has 1 amide bonds. The molecule has 0 spiro atoms. The van der Waals surface area contributed by atoms with Crippen molar-refractivity contribution in [1.29, 1.82) is 0 Å². The van der Waals surface area contributed by atoms with E-state index in [2.05, 4.69) is 29.2 Å². The van der Waals surface area contributed by atoms with Crippen molar-refractivity contribution in [3.8, 4) is 0 Å². The van der Waals surface area contributed by atoms with Crippen LogP contribution in [0.4, 0.5) is 0 Å². The Morgan fingerprint density at radius 2 is 1.84 bits per heavy atom. The van der Waals surface area contributed by atoms with Crippen molar-refractivity contribution in [2.45, 2.75) is 12.3 Å². The van der Waals surface area contributed by atoms with E-state index in [-0.39, 0.29) is 5.91 Å². The number of rotatable bonds is 2. The Hall–Kier alpha value is -2.16. The van der Waals surface area contributed by atoms with Gasteiger partial charge in [0.05, 0.1) is 0 Å². The number of carbonyl (C=O) groups excluding carboxylic acids is 1. The Balaban J connectivity index is 1.71. The Bertz CT molecular complexity index is 553. The fourth-order valence-corrected chi connectivity index (χ4v) is 2.62. The predicted octanol–water partition coefficient (Wildman–Crippen LogP) is 2.71. The summed E-state index contributed by atoms with van der Waals surface area (Å²) in [6.07, 6.45) is 4.37. The van der Waals surface area contributed by atoms with Gasteiger partial charge in [0.25, 0.3) is 5.91 Å². The molecular weight excluding hydrogens is 236 g/mol. The molecule has 2 aromatic rings. The van der Waals surface area contributed by atoms with Crippen molar-refractivity contribution in [2.75, 3.05) is 13.1 Å². The lowest BCUT2D eigenvalue weighted by molar-refractivity contribution is 0.0790. The molecule has 3 rings (SSSR count). The van der Waals surface area contributed by atoms with Crippen LogP contribution < -0.4 is 0 Å². The van der Waals surface area contributed by atoms with E-state index < -0.39 is 0 Å². The van der Waals surface area contributed by atoms with E-state index in [0.717, 1.165) is 25.1 Å². The van der Waals surface area contributed by atoms with Crippen LogP contribution in [0.1, 0.15) is 28.3 Å². The van der Waals surface area contributed by atoms with Gasteiger partial charge in [-0.05, 0) is 24.1 Å². The largest absolute Gasteiger partial charge is 0.338 e. The smallest absolute Gasteiger partial charge is 0.253 e. The molecule has 2 heterocycles. The average Bonchev–Trinajstić information content (AvgIpc) is 2.98. The topological polar surface area (TPSA) is 33.2 Å². The summed E-state index contributed by atoms with van der Waals surface area (Å²) in [5.74, 6) is 0.577. The van der Waals surface area contributed by atoms with Gasteiger partial charge < -0.3 is 4.90 Å². The van der Waals surface area contributed by atoms with Crippen molar-refractivity contribution in [3.63, 3.8) is 0 Å². The Morgan fingerprint density at radius 1 is 1.11 bits per heavy atom. The molecule has 3 nitrogen and oxygen atoms in total. The van der Waals surface area contributed by atoms with Gasteiger partial charge in [-0.2, -0.15) is 0 Å². The first kappa shape index (κ1) is 11.9. The second kappa shape index (κ2) is 5.22. The maximum absolute atomic E-state index is 12.3. The zero-order chi connectivity index (χ0) is 13.1. The highest BCUT2D eigenvalue weighted by molar-refractivity contribution is 5.94. The van der Waals surface area contributed by atoms with Crippen LogP contribution in [0.25, 0.3) is 0 Å². The summed E-state index contributed by atoms with van der Waals surface area (Å²) in [6.45, 7) is 1.64. The average molecular weight is 252 g/mol. The zero-order valence-electron chi connectivity index (χ0n) is 10.7. The zero-order valence-corrected chi connectivity index (χ0v) is 10.7. The van der Waals surface area contributed by atoms with E-state index >= 15 is 0 Å². The molecule has 1 fully saturated rings. The van der Waals surface area contributed by atoms with Gasteiger partial charge >= 0.3 is 0 Å². The standard InChI is InChI=1S/C16H16N2O/c19-16(14-6-9-17-10-7-14)18-11-8-15(12-18)13-4-2-1-3-5-13/h1-7,9-10,15H,8,11-12H2. The van der Waals surface area contributed by atoms with Crippen LogP contribution in [0.15, 0.2) is 54.9 Å². The fourth-order valence-electron chi connectivity index (χ4n) is 2.62. The first-order chi connectivity index (χ1) is 9.34. The van der Waals surface area contributed by atoms with Crippen LogP contribution in [0.3, 0.4) is 0 Å². The van der Waals surface area contributed by atoms with Gasteiger partial charge in [0, 0.05) is 37.0 Å². The Labute approximate surface area is 112 Å². The van der Waals surface area contributed by atoms with Crippen LogP contribution in [0.2, 0.25) is 0 Å². The lowest BCUT2D eigenvalue weighted by atomic mass is 9.99. The van der Waals surface area contributed by atoms with Crippen molar-refractivity contribution < 1.29 is 4.79 Å². The summed E-state index contributed by atoms with van der Waals surface area (Å²) < 4.78 is 0. The molecule has 1 unspecified atom stereocenters. The third-order valence-corrected chi connectivity index (χ3v) is 3.67. The van der Waals surface area contributed by atoms with Gasteiger partial charge in [-0.1, -0.05) is 30.3 Å². The number of hydrogen-bond donors (Lipinski definition) is 0. The Morgan fingerprint density at radius 3 is 2.58 bits per heavy atom. The summed E-state index contributed by atoms with van der Waals surface area (Å²) in [5.41, 5.74) is 2.05. The highest BCUT2D eigenvalue weighted by Gasteiger charge is 2.27. The van der Waals surface area contributed by atoms with Crippen LogP contribution in [-0.4, -0.2) is 28.9 Å². The number of likely N-dealkylation sites (tertiary alicyclic amines) is 1. The highest BCUT2D eigenvalue weighted by atomic mass is 16.2. The van der Waals surface area contributed by atoms with E-state index in [1.165, 1.54) is 5.56 Å². The van der Waals surface area contributed by atoms with Crippen molar-refractivity contribution in [1.82, 2.24) is 9.88 Å². The van der Waals surface area contributed by atoms with Crippen molar-refractivity contribution >= 4 is 5.91 Å². The van der Waals surface area contributed by atoms with E-state index in [4.69, 9.17) is 0 Å². The van der Waals surface area contributed by atoms with Crippen LogP contribution >= 0.6 is 0 Å². The number of carbonyl (C=O) groups is 1. The number of benzene rings is 1. The molecule has 0 N–H and O–H groups in total. The van der Waals surface area contributed by atoms with Gasteiger partial charge in [0.1, 0.15) is 0 Å². The van der Waals surface area contributed by atoms with E-state index in [1.54, 1.807) is 24.5 Å². The molecular formula is C16H16N2O. The molecule has 1 aromatic heterocycles. The quantitative estimate of drug-likeness (QED) is 0.823. The molecule has 1 aromatic carbocycles. The number of amides is 1. The number of aromatic nitrogens is 1. The minimum absolute atomic E-state index is 0.112. The summed E-state index contributed by atoms with van der Waals surface area (Å²) in [7, 11) is 0. The molecule has 19 heavy (non-hydrogen) atoms. The van der Waals surface area contributed by atoms with Crippen molar-refractivity contribution in [2.24, 2.45) is 0 Å². The summed E-state index contributed by atoms with van der Waals surface area (Å²) in [4.78, 5) is 18.2. The Kier molecular flexibility index (Phi) is 3.27. The molecule has 1 saturated heterocycles. The van der Waals surface area contributed by atoms with E-state index in [1.807, 2.05) is 11.0 Å². The molecule has 1 aliphatic rings. The SMILES string of the molecule is O=C(c1ccncc1)N1CCC(c2ccccc2)C1. The van der Waals surface area contributed by atoms with Crippen LogP contribution in [0.5, 0.6) is 0 Å². The summed E-state index contributed by atoms with van der Waals surface area (Å²) >= 11 is 0. The van der Waals surface area contributed by atoms with Crippen molar-refractivity contribution in [3.05, 3.63) is 66.0 Å². The minimum Gasteiger partial charge on any atom is -0.338 e. The molecule has 0 radical (unpaired) electrons. The molecule has 0 aliphatic carbocycles. The van der Waals surface area contributed by atoms with Gasteiger partial charge in [-0.3, -0.25) is 9.78 Å². The lowest BCUT2D eigenvalue weighted by Gasteiger charge is -2.16. The maximum Gasteiger partial charge on any atom is 0.253 e. The molecule has 1 atom stereocenters. The number of hydrogen-bond acceptors (Lipinski definition) is 2. The summed E-state index contributed by atoms with van der Waals surface area (Å²) in [6, 6.07) is 14.0. The van der Waals surface area contributed by atoms with Gasteiger partial charge in [-0.15, -0.1) is 0 Å². The van der Waals surface area contributed by atoms with E-state index in [0.29, 0.717) is 5.92 Å². The molecule has 1 aliphatic heterocycles. The molecule has 0 saturated carbocycles. The third-order valence-electron chi connectivity index (χ3n) is 3.67. The minimum atomic E-state index is 0.112. The fraction of sp³-hybridized carbons (Fsp3) is 0.250. The highest BCUT2D eigenvalue weighted by Crippen LogP contribution is 2.27. The van der Waals surface area contributed by atoms with Crippen LogP contribution in [-0.2, 0) is 0 Å². The summed E-state index contributed by atoms with van der Waals surface area (Å²) in [5, 5.41) is 0.